The van der Waals surface area contributed by atoms with E-state index in [-0.39, 0.29) is 55.0 Å². The molecule has 0 aromatic heterocycles. The molecule has 198 valence electrons. The largest absolute Gasteiger partial charge is 0.491 e. The van der Waals surface area contributed by atoms with Gasteiger partial charge < -0.3 is 24.6 Å². The van der Waals surface area contributed by atoms with Crippen LogP contribution in [0.5, 0.6) is 5.75 Å². The number of ether oxygens (including phenoxy) is 2. The molecule has 9 heteroatoms. The third kappa shape index (κ3) is 5.87. The second-order valence-corrected chi connectivity index (χ2v) is 10.0. The number of fused-ring (bicyclic) bond motifs is 1. The summed E-state index contributed by atoms with van der Waals surface area (Å²) in [6.07, 6.45) is 2.31. The normalized spacial score (nSPS) is 23.2. The van der Waals surface area contributed by atoms with E-state index in [9.17, 15) is 18.4 Å². The van der Waals surface area contributed by atoms with Crippen molar-refractivity contribution >= 4 is 11.9 Å². The van der Waals surface area contributed by atoms with Crippen LogP contribution in [0.2, 0.25) is 0 Å². The number of hydrogen-bond acceptors (Lipinski definition) is 4. The minimum absolute atomic E-state index is 0.00409. The van der Waals surface area contributed by atoms with Crippen molar-refractivity contribution < 1.29 is 27.8 Å². The zero-order chi connectivity index (χ0) is 25.8. The summed E-state index contributed by atoms with van der Waals surface area (Å²) in [5, 5.41) is 2.95. The van der Waals surface area contributed by atoms with Crippen molar-refractivity contribution in [3.63, 3.8) is 0 Å². The molecule has 3 aliphatic rings. The van der Waals surface area contributed by atoms with E-state index in [0.717, 1.165) is 24.0 Å². The average molecular weight is 514 g/mol. The van der Waals surface area contributed by atoms with E-state index in [1.165, 1.54) is 12.1 Å². The number of nitrogens with zero attached hydrogens (tertiary/aromatic N) is 2. The molecule has 3 atom stereocenters. The fourth-order valence-electron chi connectivity index (χ4n) is 5.83. The molecular weight excluding hydrogens is 480 g/mol. The van der Waals surface area contributed by atoms with Gasteiger partial charge in [0, 0.05) is 32.1 Å². The highest BCUT2D eigenvalue weighted by Gasteiger charge is 2.38. The number of morpholine rings is 1. The number of nitrogens with one attached hydrogen (secondary N) is 1. The summed E-state index contributed by atoms with van der Waals surface area (Å²) < 4.78 is 37.2. The number of halogens is 2. The molecule has 37 heavy (non-hydrogen) atoms. The van der Waals surface area contributed by atoms with Crippen molar-refractivity contribution in [2.24, 2.45) is 5.92 Å². The second kappa shape index (κ2) is 11.5. The monoisotopic (exact) mass is 513 g/mol. The summed E-state index contributed by atoms with van der Waals surface area (Å²) in [6, 6.07) is 14.1. The van der Waals surface area contributed by atoms with Gasteiger partial charge in [-0.1, -0.05) is 24.3 Å². The third-order valence-corrected chi connectivity index (χ3v) is 7.69. The summed E-state index contributed by atoms with van der Waals surface area (Å²) in [4.78, 5) is 28.7. The van der Waals surface area contributed by atoms with Crippen molar-refractivity contribution in [1.82, 2.24) is 15.1 Å². The van der Waals surface area contributed by atoms with Crippen molar-refractivity contribution in [3.05, 3.63) is 65.5 Å². The lowest BCUT2D eigenvalue weighted by atomic mass is 9.76. The molecule has 0 saturated carbocycles. The first-order valence-corrected chi connectivity index (χ1v) is 13.0. The van der Waals surface area contributed by atoms with Gasteiger partial charge in [0.15, 0.2) is 0 Å². The van der Waals surface area contributed by atoms with Gasteiger partial charge in [-0.25, -0.2) is 13.6 Å². The molecule has 2 aromatic carbocycles. The third-order valence-electron chi connectivity index (χ3n) is 7.69. The van der Waals surface area contributed by atoms with Crippen molar-refractivity contribution in [2.45, 2.75) is 37.3 Å². The Hall–Kier alpha value is -3.20. The first-order chi connectivity index (χ1) is 18.0. The molecule has 3 aliphatic heterocycles. The number of piperidine rings is 2. The van der Waals surface area contributed by atoms with Gasteiger partial charge in [0.1, 0.15) is 31.5 Å². The SMILES string of the molecule is O=C1CO[C@H]2CCN(C(=O)N3CCC([C@@H](c4ccc(F)cc4)c4ccc(OCCF)cc4)CC3)C[C@H]2N1. The van der Waals surface area contributed by atoms with Crippen LogP contribution >= 0.6 is 0 Å². The van der Waals surface area contributed by atoms with Crippen LogP contribution in [-0.2, 0) is 9.53 Å². The van der Waals surface area contributed by atoms with Gasteiger partial charge in [-0.05, 0) is 60.6 Å². The van der Waals surface area contributed by atoms with Crippen LogP contribution in [-0.4, -0.2) is 80.0 Å². The maximum atomic E-state index is 13.7. The Morgan fingerprint density at radius 2 is 1.65 bits per heavy atom. The van der Waals surface area contributed by atoms with Crippen LogP contribution in [0, 0.1) is 11.7 Å². The molecule has 0 bridgehead atoms. The lowest BCUT2D eigenvalue weighted by Gasteiger charge is -2.44. The van der Waals surface area contributed by atoms with Gasteiger partial charge in [-0.15, -0.1) is 0 Å². The van der Waals surface area contributed by atoms with Gasteiger partial charge >= 0.3 is 6.03 Å². The highest BCUT2D eigenvalue weighted by Crippen LogP contribution is 2.39. The Bertz CT molecular complexity index is 1070. The van der Waals surface area contributed by atoms with E-state index in [1.807, 2.05) is 46.2 Å². The molecule has 1 N–H and O–H groups in total. The molecule has 0 spiro atoms. The van der Waals surface area contributed by atoms with Gasteiger partial charge in [0.05, 0.1) is 12.1 Å². The quantitative estimate of drug-likeness (QED) is 0.639. The summed E-state index contributed by atoms with van der Waals surface area (Å²) in [5.41, 5.74) is 2.11. The molecular formula is C28H33F2N3O4. The topological polar surface area (TPSA) is 71.1 Å². The highest BCUT2D eigenvalue weighted by atomic mass is 19.1. The maximum absolute atomic E-state index is 13.7. The van der Waals surface area contributed by atoms with E-state index < -0.39 is 6.67 Å². The van der Waals surface area contributed by atoms with Crippen LogP contribution in [0.4, 0.5) is 13.6 Å². The lowest BCUT2D eigenvalue weighted by molar-refractivity contribution is -0.139. The minimum Gasteiger partial charge on any atom is -0.491 e. The molecule has 3 saturated heterocycles. The smallest absolute Gasteiger partial charge is 0.320 e. The Morgan fingerprint density at radius 1 is 1.00 bits per heavy atom. The van der Waals surface area contributed by atoms with E-state index in [2.05, 4.69) is 5.32 Å². The fourth-order valence-corrected chi connectivity index (χ4v) is 5.83. The molecule has 2 aromatic rings. The molecule has 7 nitrogen and oxygen atoms in total. The van der Waals surface area contributed by atoms with E-state index in [1.54, 1.807) is 0 Å². The van der Waals surface area contributed by atoms with Gasteiger partial charge in [-0.2, -0.15) is 0 Å². The number of hydrogen-bond donors (Lipinski definition) is 1. The number of carbonyl (C=O) groups is 2. The summed E-state index contributed by atoms with van der Waals surface area (Å²) in [5.74, 6) is 0.511. The Labute approximate surface area is 215 Å². The van der Waals surface area contributed by atoms with Crippen LogP contribution in [0.15, 0.2) is 48.5 Å². The van der Waals surface area contributed by atoms with Crippen molar-refractivity contribution in [1.29, 1.82) is 0 Å². The first-order valence-electron chi connectivity index (χ1n) is 13.0. The Kier molecular flexibility index (Phi) is 7.88. The number of alkyl halides is 1. The number of likely N-dealkylation sites (tertiary alicyclic amines) is 2. The first kappa shape index (κ1) is 25.4. The molecule has 0 aliphatic carbocycles. The lowest BCUT2D eigenvalue weighted by Crippen LogP contribution is -2.62. The van der Waals surface area contributed by atoms with E-state index >= 15 is 0 Å². The molecule has 3 fully saturated rings. The van der Waals surface area contributed by atoms with Crippen molar-refractivity contribution in [3.8, 4) is 5.75 Å². The minimum atomic E-state index is -0.543. The van der Waals surface area contributed by atoms with Gasteiger partial charge in [-0.3, -0.25) is 4.79 Å². The molecule has 3 amide bonds. The van der Waals surface area contributed by atoms with Crippen LogP contribution in [0.1, 0.15) is 36.3 Å². The van der Waals surface area contributed by atoms with Crippen LogP contribution < -0.4 is 10.1 Å². The standard InChI is InChI=1S/C28H33F2N3O4/c29-12-16-36-23-7-3-20(4-8-23)27(19-1-5-22(30)6-2-19)21-9-13-32(14-10-21)28(35)33-15-11-25-24(17-33)31-26(34)18-37-25/h1-8,21,24-25,27H,9-18H2,(H,31,34)/t24-,25+,27+/m1/s1. The average Bonchev–Trinajstić information content (AvgIpc) is 2.93. The summed E-state index contributed by atoms with van der Waals surface area (Å²) in [7, 11) is 0. The molecule has 5 rings (SSSR count). The summed E-state index contributed by atoms with van der Waals surface area (Å²) in [6.45, 7) is 1.91. The maximum Gasteiger partial charge on any atom is 0.320 e. The number of rotatable bonds is 6. The van der Waals surface area contributed by atoms with E-state index in [4.69, 9.17) is 9.47 Å². The van der Waals surface area contributed by atoms with Gasteiger partial charge in [0.2, 0.25) is 5.91 Å². The number of urea groups is 1. The molecule has 0 unspecified atom stereocenters. The molecule has 0 radical (unpaired) electrons. The van der Waals surface area contributed by atoms with Gasteiger partial charge in [0.25, 0.3) is 0 Å². The number of amides is 3. The number of carbonyl (C=O) groups excluding carboxylic acids is 2. The number of benzene rings is 2. The van der Waals surface area contributed by atoms with E-state index in [0.29, 0.717) is 38.3 Å². The Balaban J connectivity index is 1.25. The summed E-state index contributed by atoms with van der Waals surface area (Å²) >= 11 is 0. The Morgan fingerprint density at radius 3 is 2.32 bits per heavy atom. The second-order valence-electron chi connectivity index (χ2n) is 10.0. The predicted octanol–water partition coefficient (Wildman–Crippen LogP) is 3.73. The zero-order valence-electron chi connectivity index (χ0n) is 20.8. The fraction of sp³-hybridized carbons (Fsp3) is 0.500. The highest BCUT2D eigenvalue weighted by molar-refractivity contribution is 5.79. The molecule has 3 heterocycles. The zero-order valence-corrected chi connectivity index (χ0v) is 20.8. The van der Waals surface area contributed by atoms with Crippen LogP contribution in [0.3, 0.4) is 0 Å². The van der Waals surface area contributed by atoms with Crippen LogP contribution in [0.25, 0.3) is 0 Å². The van der Waals surface area contributed by atoms with Crippen molar-refractivity contribution in [2.75, 3.05) is 46.1 Å². The predicted molar refractivity (Wildman–Crippen MR) is 134 cm³/mol.